The van der Waals surface area contributed by atoms with Gasteiger partial charge in [-0.2, -0.15) is 13.2 Å². The maximum absolute atomic E-state index is 13.2. The number of carboxylic acids is 1. The number of piperazine rings is 1. The molecule has 1 heterocycles. The van der Waals surface area contributed by atoms with E-state index in [1.54, 1.807) is 31.2 Å². The van der Waals surface area contributed by atoms with Crippen LogP contribution in [-0.2, 0) is 14.8 Å². The molecule has 0 radical (unpaired) electrons. The lowest BCUT2D eigenvalue weighted by atomic mass is 10.1. The molecule has 9 nitrogen and oxygen atoms in total. The lowest BCUT2D eigenvalue weighted by Gasteiger charge is -2.31. The molecule has 0 aliphatic carbocycles. The van der Waals surface area contributed by atoms with Crippen LogP contribution in [0.15, 0.2) is 41.3 Å². The van der Waals surface area contributed by atoms with Crippen LogP contribution in [0.1, 0.15) is 34.8 Å². The third kappa shape index (κ3) is 8.64. The molecule has 1 fully saturated rings. The van der Waals surface area contributed by atoms with Crippen molar-refractivity contribution in [1.29, 1.82) is 0 Å². The summed E-state index contributed by atoms with van der Waals surface area (Å²) < 4.78 is 60.9. The normalized spacial score (nSPS) is 13.8. The molecule has 0 saturated carbocycles. The van der Waals surface area contributed by atoms with E-state index in [4.69, 9.17) is 9.90 Å². The summed E-state index contributed by atoms with van der Waals surface area (Å²) >= 11 is 0. The minimum atomic E-state index is -5.08. The van der Waals surface area contributed by atoms with Crippen LogP contribution in [0.2, 0.25) is 0 Å². The lowest BCUT2D eigenvalue weighted by molar-refractivity contribution is -0.192. The largest absolute Gasteiger partial charge is 0.490 e. The Labute approximate surface area is 214 Å². The van der Waals surface area contributed by atoms with E-state index in [0.29, 0.717) is 23.4 Å². The first kappa shape index (κ1) is 29.9. The van der Waals surface area contributed by atoms with Gasteiger partial charge in [-0.3, -0.25) is 9.52 Å². The molecule has 0 spiro atoms. The minimum Gasteiger partial charge on any atom is -0.475 e. The highest BCUT2D eigenvalue weighted by atomic mass is 32.2. The predicted octanol–water partition coefficient (Wildman–Crippen LogP) is 3.29. The maximum Gasteiger partial charge on any atom is 0.490 e. The number of aliphatic carboxylic acids is 1. The van der Waals surface area contributed by atoms with Gasteiger partial charge in [-0.15, -0.1) is 0 Å². The topological polar surface area (TPSA) is 128 Å². The molecule has 1 saturated heterocycles. The first-order valence-electron chi connectivity index (χ1n) is 11.5. The fourth-order valence-corrected chi connectivity index (χ4v) is 4.87. The van der Waals surface area contributed by atoms with Gasteiger partial charge in [0.05, 0.1) is 16.3 Å². The second kappa shape index (κ2) is 12.8. The molecule has 4 N–H and O–H groups in total. The van der Waals surface area contributed by atoms with Gasteiger partial charge >= 0.3 is 12.1 Å². The van der Waals surface area contributed by atoms with E-state index in [2.05, 4.69) is 20.3 Å². The van der Waals surface area contributed by atoms with E-state index in [1.807, 2.05) is 26.0 Å². The predicted molar refractivity (Wildman–Crippen MR) is 135 cm³/mol. The molecule has 0 atom stereocenters. The molecule has 0 bridgehead atoms. The highest BCUT2D eigenvalue weighted by Crippen LogP contribution is 2.31. The molecule has 204 valence electrons. The van der Waals surface area contributed by atoms with Crippen molar-refractivity contribution in [2.75, 3.05) is 42.3 Å². The number of amides is 1. The molecular weight excluding hydrogens is 513 g/mol. The quantitative estimate of drug-likeness (QED) is 0.421. The Morgan fingerprint density at radius 2 is 1.70 bits per heavy atom. The Kier molecular flexibility index (Phi) is 10.3. The average Bonchev–Trinajstić information content (AvgIpc) is 2.84. The van der Waals surface area contributed by atoms with Gasteiger partial charge in [-0.25, -0.2) is 13.2 Å². The van der Waals surface area contributed by atoms with Gasteiger partial charge in [-0.1, -0.05) is 19.1 Å². The molecule has 1 amide bonds. The van der Waals surface area contributed by atoms with Crippen LogP contribution in [-0.4, -0.2) is 64.3 Å². The molecule has 0 unspecified atom stereocenters. The number of halogens is 3. The molecule has 1 aliphatic rings. The molecule has 1 aliphatic heterocycles. The summed E-state index contributed by atoms with van der Waals surface area (Å²) in [6.07, 6.45) is -4.25. The maximum atomic E-state index is 13.2. The van der Waals surface area contributed by atoms with Gasteiger partial charge in [0.15, 0.2) is 0 Å². The van der Waals surface area contributed by atoms with Crippen molar-refractivity contribution in [2.45, 2.75) is 38.3 Å². The van der Waals surface area contributed by atoms with Crippen LogP contribution >= 0.6 is 0 Å². The summed E-state index contributed by atoms with van der Waals surface area (Å²) in [5, 5.41) is 13.3. The number of nitrogens with one attached hydrogen (secondary N) is 3. The number of carboxylic acid groups (broad SMARTS) is 1. The zero-order valence-corrected chi connectivity index (χ0v) is 21.6. The summed E-state index contributed by atoms with van der Waals surface area (Å²) in [5.74, 6) is -2.97. The Morgan fingerprint density at radius 3 is 2.27 bits per heavy atom. The summed E-state index contributed by atoms with van der Waals surface area (Å²) in [6, 6.07) is 10.6. The molecule has 2 aromatic rings. The number of sulfonamides is 1. The van der Waals surface area contributed by atoms with Gasteiger partial charge < -0.3 is 20.6 Å². The molecule has 0 aromatic heterocycles. The second-order valence-electron chi connectivity index (χ2n) is 8.40. The Morgan fingerprint density at radius 1 is 1.08 bits per heavy atom. The fourth-order valence-electron chi connectivity index (χ4n) is 3.48. The monoisotopic (exact) mass is 544 g/mol. The third-order valence-corrected chi connectivity index (χ3v) is 6.88. The Balaban J connectivity index is 0.000000604. The number of hydrogen-bond donors (Lipinski definition) is 4. The van der Waals surface area contributed by atoms with Crippen LogP contribution in [0.4, 0.5) is 24.5 Å². The Hall–Kier alpha value is -3.32. The summed E-state index contributed by atoms with van der Waals surface area (Å²) in [5.41, 5.74) is 3.17. The second-order valence-corrected chi connectivity index (χ2v) is 10.1. The molecule has 37 heavy (non-hydrogen) atoms. The van der Waals surface area contributed by atoms with E-state index >= 15 is 0 Å². The van der Waals surface area contributed by atoms with Gasteiger partial charge in [0.1, 0.15) is 0 Å². The van der Waals surface area contributed by atoms with Crippen molar-refractivity contribution in [3.05, 3.63) is 53.1 Å². The van der Waals surface area contributed by atoms with E-state index in [1.165, 1.54) is 0 Å². The fraction of sp³-hybridized carbons (Fsp3) is 0.417. The van der Waals surface area contributed by atoms with Gasteiger partial charge in [0, 0.05) is 38.3 Å². The summed E-state index contributed by atoms with van der Waals surface area (Å²) in [7, 11) is -3.81. The molecule has 13 heteroatoms. The van der Waals surface area contributed by atoms with E-state index in [9.17, 15) is 26.4 Å². The number of rotatable bonds is 7. The van der Waals surface area contributed by atoms with Crippen molar-refractivity contribution in [3.8, 4) is 0 Å². The average molecular weight is 545 g/mol. The van der Waals surface area contributed by atoms with Crippen LogP contribution in [0.5, 0.6) is 0 Å². The van der Waals surface area contributed by atoms with Crippen LogP contribution < -0.4 is 20.3 Å². The standard InChI is InChI=1S/C22H30N4O3S.C2HF3O2/c1-4-9-24-22(27)18-7-8-20(26-12-10-23-11-13-26)19(15-18)25-30(28,29)21-14-16(2)5-6-17(21)3;3-2(4,5)1(6)7/h5-8,14-15,23,25H,4,9-13H2,1-3H3,(H,24,27);(H,6,7). The minimum absolute atomic E-state index is 0.212. The number of benzene rings is 2. The highest BCUT2D eigenvalue weighted by Gasteiger charge is 2.38. The molecule has 2 aromatic carbocycles. The van der Waals surface area contributed by atoms with Crippen LogP contribution in [0, 0.1) is 13.8 Å². The van der Waals surface area contributed by atoms with E-state index in [-0.39, 0.29) is 10.8 Å². The Bertz CT molecular complexity index is 1210. The van der Waals surface area contributed by atoms with Gasteiger partial charge in [0.25, 0.3) is 15.9 Å². The number of carbonyl (C=O) groups excluding carboxylic acids is 1. The highest BCUT2D eigenvalue weighted by molar-refractivity contribution is 7.92. The van der Waals surface area contributed by atoms with Crippen LogP contribution in [0.3, 0.4) is 0 Å². The van der Waals surface area contributed by atoms with Crippen molar-refractivity contribution in [3.63, 3.8) is 0 Å². The zero-order valence-electron chi connectivity index (χ0n) is 20.8. The zero-order chi connectivity index (χ0) is 27.8. The number of alkyl halides is 3. The van der Waals surface area contributed by atoms with E-state index < -0.39 is 22.2 Å². The van der Waals surface area contributed by atoms with Crippen molar-refractivity contribution < 1.29 is 36.3 Å². The smallest absolute Gasteiger partial charge is 0.475 e. The van der Waals surface area contributed by atoms with Gasteiger partial charge in [0.2, 0.25) is 0 Å². The first-order valence-corrected chi connectivity index (χ1v) is 13.0. The SMILES string of the molecule is CCCNC(=O)c1ccc(N2CCNCC2)c(NS(=O)(=O)c2cc(C)ccc2C)c1.O=C(O)C(F)(F)F. The number of hydrogen-bond acceptors (Lipinski definition) is 6. The lowest BCUT2D eigenvalue weighted by Crippen LogP contribution is -2.43. The van der Waals surface area contributed by atoms with Crippen molar-refractivity contribution >= 4 is 33.3 Å². The van der Waals surface area contributed by atoms with Crippen molar-refractivity contribution in [2.24, 2.45) is 0 Å². The number of anilines is 2. The molecular formula is C24H31F3N4O5S. The third-order valence-electron chi connectivity index (χ3n) is 5.37. The number of carbonyl (C=O) groups is 2. The first-order chi connectivity index (χ1) is 17.3. The van der Waals surface area contributed by atoms with Crippen LogP contribution in [0.25, 0.3) is 0 Å². The van der Waals surface area contributed by atoms with Crippen molar-refractivity contribution in [1.82, 2.24) is 10.6 Å². The van der Waals surface area contributed by atoms with Gasteiger partial charge in [-0.05, 0) is 55.7 Å². The molecule has 3 rings (SSSR count). The number of aryl methyl sites for hydroxylation is 2. The summed E-state index contributed by atoms with van der Waals surface area (Å²) in [6.45, 7) is 9.37. The summed E-state index contributed by atoms with van der Waals surface area (Å²) in [4.78, 5) is 23.7. The number of nitrogens with zero attached hydrogens (tertiary/aromatic N) is 1. The van der Waals surface area contributed by atoms with E-state index in [0.717, 1.165) is 43.9 Å².